The number of esters is 1. The molecule has 108 valence electrons. The number of likely N-dealkylation sites (tertiary alicyclic amines) is 1. The fourth-order valence-corrected chi connectivity index (χ4v) is 3.37. The summed E-state index contributed by atoms with van der Waals surface area (Å²) in [5, 5.41) is 0. The normalized spacial score (nSPS) is 35.2. The van der Waals surface area contributed by atoms with Crippen LogP contribution in [-0.4, -0.2) is 37.0 Å². The van der Waals surface area contributed by atoms with Gasteiger partial charge in [-0.2, -0.15) is 0 Å². The maximum Gasteiger partial charge on any atom is 0.310 e. The molecular formula is C15H25NO3. The fourth-order valence-electron chi connectivity index (χ4n) is 3.37. The van der Waals surface area contributed by atoms with Crippen LogP contribution in [0.2, 0.25) is 0 Å². The third-order valence-corrected chi connectivity index (χ3v) is 4.79. The molecule has 0 aromatic rings. The molecule has 2 fully saturated rings. The van der Waals surface area contributed by atoms with Gasteiger partial charge in [-0.05, 0) is 37.5 Å². The topological polar surface area (TPSA) is 46.6 Å². The molecule has 0 N–H and O–H groups in total. The summed E-state index contributed by atoms with van der Waals surface area (Å²) in [7, 11) is 1.42. The first-order chi connectivity index (χ1) is 9.02. The molecule has 1 amide bonds. The van der Waals surface area contributed by atoms with E-state index in [1.54, 1.807) is 0 Å². The molecular weight excluding hydrogens is 242 g/mol. The van der Waals surface area contributed by atoms with E-state index in [-0.39, 0.29) is 29.6 Å². The Morgan fingerprint density at radius 3 is 2.26 bits per heavy atom. The Labute approximate surface area is 115 Å². The average Bonchev–Trinajstić information content (AvgIpc) is 2.80. The quantitative estimate of drug-likeness (QED) is 0.720. The molecule has 0 radical (unpaired) electrons. The van der Waals surface area contributed by atoms with Crippen LogP contribution in [0.15, 0.2) is 0 Å². The maximum atomic E-state index is 12.5. The monoisotopic (exact) mass is 267 g/mol. The van der Waals surface area contributed by atoms with Crippen LogP contribution >= 0.6 is 0 Å². The number of hydrogen-bond acceptors (Lipinski definition) is 3. The number of nitrogens with zero attached hydrogens (tertiary/aromatic N) is 1. The minimum Gasteiger partial charge on any atom is -0.469 e. The zero-order chi connectivity index (χ0) is 14.0. The summed E-state index contributed by atoms with van der Waals surface area (Å²) < 4.78 is 4.82. The second-order valence-electron chi connectivity index (χ2n) is 6.31. The first-order valence-electron chi connectivity index (χ1n) is 7.39. The molecule has 1 aliphatic heterocycles. The molecule has 19 heavy (non-hydrogen) atoms. The highest BCUT2D eigenvalue weighted by Crippen LogP contribution is 2.32. The second kappa shape index (κ2) is 5.93. The van der Waals surface area contributed by atoms with Gasteiger partial charge in [0, 0.05) is 19.0 Å². The van der Waals surface area contributed by atoms with Crippen molar-refractivity contribution in [2.75, 3.05) is 20.2 Å². The van der Waals surface area contributed by atoms with E-state index < -0.39 is 0 Å². The van der Waals surface area contributed by atoms with Gasteiger partial charge in [0.1, 0.15) is 0 Å². The maximum absolute atomic E-state index is 12.5. The van der Waals surface area contributed by atoms with E-state index >= 15 is 0 Å². The predicted molar refractivity (Wildman–Crippen MR) is 72.4 cm³/mol. The van der Waals surface area contributed by atoms with E-state index in [1.807, 2.05) is 11.8 Å². The fraction of sp³-hybridized carbons (Fsp3) is 0.867. The standard InChI is InChI=1S/C15H25NO3/c1-10-4-6-12(7-5-10)14(17)16-8-11(2)13(9-16)15(18)19-3/h10-13H,4-9H2,1-3H3. The van der Waals surface area contributed by atoms with Crippen molar-refractivity contribution in [2.45, 2.75) is 39.5 Å². The lowest BCUT2D eigenvalue weighted by molar-refractivity contribution is -0.146. The van der Waals surface area contributed by atoms with E-state index in [0.717, 1.165) is 31.6 Å². The molecule has 0 aromatic heterocycles. The number of carbonyl (C=O) groups excluding carboxylic acids is 2. The van der Waals surface area contributed by atoms with E-state index in [9.17, 15) is 9.59 Å². The van der Waals surface area contributed by atoms with Crippen molar-refractivity contribution >= 4 is 11.9 Å². The number of ether oxygens (including phenoxy) is 1. The van der Waals surface area contributed by atoms with E-state index in [2.05, 4.69) is 6.92 Å². The molecule has 0 bridgehead atoms. The first-order valence-corrected chi connectivity index (χ1v) is 7.39. The molecule has 4 heteroatoms. The van der Waals surface area contributed by atoms with Crippen molar-refractivity contribution in [3.63, 3.8) is 0 Å². The molecule has 1 heterocycles. The Balaban J connectivity index is 1.92. The van der Waals surface area contributed by atoms with Crippen LogP contribution in [0.5, 0.6) is 0 Å². The summed E-state index contributed by atoms with van der Waals surface area (Å²) in [4.78, 5) is 26.0. The molecule has 2 aliphatic rings. The second-order valence-corrected chi connectivity index (χ2v) is 6.31. The molecule has 0 spiro atoms. The largest absolute Gasteiger partial charge is 0.469 e. The third-order valence-electron chi connectivity index (χ3n) is 4.79. The van der Waals surface area contributed by atoms with Gasteiger partial charge in [0.2, 0.25) is 5.91 Å². The molecule has 1 aliphatic carbocycles. The number of amides is 1. The van der Waals surface area contributed by atoms with Gasteiger partial charge in [0.25, 0.3) is 0 Å². The molecule has 1 saturated heterocycles. The Bertz CT molecular complexity index is 347. The predicted octanol–water partition coefficient (Wildman–Crippen LogP) is 2.08. The number of methoxy groups -OCH3 is 1. The molecule has 2 atom stereocenters. The minimum atomic E-state index is -0.180. The van der Waals surface area contributed by atoms with Gasteiger partial charge >= 0.3 is 5.97 Å². The van der Waals surface area contributed by atoms with Crippen molar-refractivity contribution in [2.24, 2.45) is 23.7 Å². The van der Waals surface area contributed by atoms with Gasteiger partial charge in [-0.3, -0.25) is 9.59 Å². The Hall–Kier alpha value is -1.06. The number of carbonyl (C=O) groups is 2. The van der Waals surface area contributed by atoms with Crippen LogP contribution in [0.4, 0.5) is 0 Å². The number of rotatable bonds is 2. The number of hydrogen-bond donors (Lipinski definition) is 0. The highest BCUT2D eigenvalue weighted by molar-refractivity contribution is 5.81. The van der Waals surface area contributed by atoms with Crippen molar-refractivity contribution < 1.29 is 14.3 Å². The SMILES string of the molecule is COC(=O)C1CN(C(=O)C2CCC(C)CC2)CC1C. The molecule has 2 unspecified atom stereocenters. The lowest BCUT2D eigenvalue weighted by atomic mass is 9.82. The zero-order valence-electron chi connectivity index (χ0n) is 12.2. The highest BCUT2D eigenvalue weighted by atomic mass is 16.5. The summed E-state index contributed by atoms with van der Waals surface area (Å²) in [6, 6.07) is 0. The van der Waals surface area contributed by atoms with E-state index in [4.69, 9.17) is 4.74 Å². The lowest BCUT2D eigenvalue weighted by Gasteiger charge is -2.29. The van der Waals surface area contributed by atoms with Gasteiger partial charge in [-0.1, -0.05) is 13.8 Å². The van der Waals surface area contributed by atoms with Crippen LogP contribution in [0, 0.1) is 23.7 Å². The van der Waals surface area contributed by atoms with Crippen LogP contribution in [0.25, 0.3) is 0 Å². The van der Waals surface area contributed by atoms with Gasteiger partial charge in [-0.15, -0.1) is 0 Å². The first kappa shape index (κ1) is 14.4. The molecule has 1 saturated carbocycles. The summed E-state index contributed by atoms with van der Waals surface area (Å²) in [6.07, 6.45) is 4.32. The third kappa shape index (κ3) is 3.10. The smallest absolute Gasteiger partial charge is 0.310 e. The van der Waals surface area contributed by atoms with Gasteiger partial charge in [0.15, 0.2) is 0 Å². The van der Waals surface area contributed by atoms with Crippen LogP contribution in [0.3, 0.4) is 0 Å². The van der Waals surface area contributed by atoms with Crippen LogP contribution in [0.1, 0.15) is 39.5 Å². The van der Waals surface area contributed by atoms with Gasteiger partial charge in [0.05, 0.1) is 13.0 Å². The molecule has 4 nitrogen and oxygen atoms in total. The summed E-state index contributed by atoms with van der Waals surface area (Å²) in [5.41, 5.74) is 0. The molecule has 2 rings (SSSR count). The summed E-state index contributed by atoms with van der Waals surface area (Å²) >= 11 is 0. The van der Waals surface area contributed by atoms with Crippen molar-refractivity contribution in [1.82, 2.24) is 4.90 Å². The van der Waals surface area contributed by atoms with Crippen molar-refractivity contribution in [3.8, 4) is 0 Å². The summed E-state index contributed by atoms with van der Waals surface area (Å²) in [5.74, 6) is 1.07. The van der Waals surface area contributed by atoms with Crippen LogP contribution < -0.4 is 0 Å². The zero-order valence-corrected chi connectivity index (χ0v) is 12.2. The average molecular weight is 267 g/mol. The summed E-state index contributed by atoms with van der Waals surface area (Å²) in [6.45, 7) is 5.52. The van der Waals surface area contributed by atoms with Crippen LogP contribution in [-0.2, 0) is 14.3 Å². The van der Waals surface area contributed by atoms with Crippen molar-refractivity contribution in [1.29, 1.82) is 0 Å². The van der Waals surface area contributed by atoms with Crippen molar-refractivity contribution in [3.05, 3.63) is 0 Å². The Morgan fingerprint density at radius 1 is 1.05 bits per heavy atom. The molecule has 0 aromatic carbocycles. The lowest BCUT2D eigenvalue weighted by Crippen LogP contribution is -2.36. The Kier molecular flexibility index (Phi) is 4.48. The van der Waals surface area contributed by atoms with E-state index in [1.165, 1.54) is 7.11 Å². The van der Waals surface area contributed by atoms with Gasteiger partial charge in [-0.25, -0.2) is 0 Å². The Morgan fingerprint density at radius 2 is 1.68 bits per heavy atom. The highest BCUT2D eigenvalue weighted by Gasteiger charge is 2.39. The van der Waals surface area contributed by atoms with Gasteiger partial charge < -0.3 is 9.64 Å². The minimum absolute atomic E-state index is 0.142. The van der Waals surface area contributed by atoms with E-state index in [0.29, 0.717) is 13.1 Å².